The number of carbonyl (C=O) groups excluding carboxylic acids is 1. The average Bonchev–Trinajstić information content (AvgIpc) is 2.79. The molecule has 7 heteroatoms. The zero-order valence-corrected chi connectivity index (χ0v) is 18.9. The zero-order valence-electron chi connectivity index (χ0n) is 18.1. The maximum atomic E-state index is 13.5. The summed E-state index contributed by atoms with van der Waals surface area (Å²) in [6.07, 6.45) is 1.64. The third-order valence-electron chi connectivity index (χ3n) is 4.97. The summed E-state index contributed by atoms with van der Waals surface area (Å²) in [5.74, 6) is 0.191. The number of hydrogen-bond acceptors (Lipinski definition) is 4. The molecule has 32 heavy (non-hydrogen) atoms. The van der Waals surface area contributed by atoms with Gasteiger partial charge in [0, 0.05) is 5.69 Å². The highest BCUT2D eigenvalue weighted by Crippen LogP contribution is 2.28. The van der Waals surface area contributed by atoms with Gasteiger partial charge in [0.25, 0.3) is 10.0 Å². The van der Waals surface area contributed by atoms with E-state index < -0.39 is 15.9 Å². The lowest BCUT2D eigenvalue weighted by Gasteiger charge is -2.26. The van der Waals surface area contributed by atoms with Crippen LogP contribution >= 0.6 is 0 Å². The minimum absolute atomic E-state index is 0.123. The van der Waals surface area contributed by atoms with Crippen molar-refractivity contribution in [1.82, 2.24) is 0 Å². The van der Waals surface area contributed by atoms with Crippen LogP contribution < -0.4 is 14.4 Å². The molecule has 0 spiro atoms. The van der Waals surface area contributed by atoms with Gasteiger partial charge in [-0.15, -0.1) is 0 Å². The van der Waals surface area contributed by atoms with Crippen LogP contribution in [0.15, 0.2) is 90.3 Å². The van der Waals surface area contributed by atoms with Gasteiger partial charge in [-0.25, -0.2) is 8.42 Å². The van der Waals surface area contributed by atoms with Crippen molar-refractivity contribution in [1.29, 1.82) is 0 Å². The van der Waals surface area contributed by atoms with Gasteiger partial charge in [0.15, 0.2) is 0 Å². The molecule has 1 amide bonds. The molecule has 3 aromatic rings. The number of hydrogen-bond donors (Lipinski definition) is 1. The van der Waals surface area contributed by atoms with Crippen LogP contribution in [0.3, 0.4) is 0 Å². The molecule has 0 heterocycles. The Kier molecular flexibility index (Phi) is 7.33. The van der Waals surface area contributed by atoms with E-state index in [2.05, 4.69) is 11.9 Å². The van der Waals surface area contributed by atoms with Gasteiger partial charge in [0.05, 0.1) is 10.6 Å². The Morgan fingerprint density at radius 2 is 1.69 bits per heavy atom. The molecular formula is C25H26N2O4S. The second-order valence-electron chi connectivity index (χ2n) is 7.22. The van der Waals surface area contributed by atoms with Crippen LogP contribution in [0.4, 0.5) is 11.4 Å². The van der Waals surface area contributed by atoms with Crippen molar-refractivity contribution in [2.75, 3.05) is 22.8 Å². The van der Waals surface area contributed by atoms with Gasteiger partial charge in [0.2, 0.25) is 5.91 Å². The van der Waals surface area contributed by atoms with Crippen LogP contribution in [-0.4, -0.2) is 27.5 Å². The largest absolute Gasteiger partial charge is 0.490 e. The van der Waals surface area contributed by atoms with Gasteiger partial charge < -0.3 is 10.1 Å². The number of nitrogens with zero attached hydrogens (tertiary/aromatic N) is 1. The summed E-state index contributed by atoms with van der Waals surface area (Å²) in [6.45, 7) is 7.37. The highest BCUT2D eigenvalue weighted by atomic mass is 32.2. The first-order chi connectivity index (χ1) is 15.3. The lowest BCUT2D eigenvalue weighted by molar-refractivity contribution is -0.114. The fourth-order valence-electron chi connectivity index (χ4n) is 3.15. The van der Waals surface area contributed by atoms with E-state index in [0.717, 1.165) is 15.4 Å². The van der Waals surface area contributed by atoms with Gasteiger partial charge >= 0.3 is 0 Å². The molecule has 166 valence electrons. The number of sulfonamides is 1. The van der Waals surface area contributed by atoms with E-state index in [1.807, 2.05) is 19.9 Å². The fraction of sp³-hybridized carbons (Fsp3) is 0.160. The molecule has 1 N–H and O–H groups in total. The van der Waals surface area contributed by atoms with Crippen molar-refractivity contribution in [3.05, 3.63) is 96.6 Å². The van der Waals surface area contributed by atoms with Crippen LogP contribution in [0.5, 0.6) is 5.75 Å². The maximum Gasteiger partial charge on any atom is 0.264 e. The van der Waals surface area contributed by atoms with E-state index >= 15 is 0 Å². The molecule has 0 saturated heterocycles. The molecule has 0 saturated carbocycles. The molecule has 0 bridgehead atoms. The smallest absolute Gasteiger partial charge is 0.264 e. The lowest BCUT2D eigenvalue weighted by Crippen LogP contribution is -2.38. The number of amides is 1. The maximum absolute atomic E-state index is 13.5. The van der Waals surface area contributed by atoms with E-state index in [-0.39, 0.29) is 11.4 Å². The highest BCUT2D eigenvalue weighted by Gasteiger charge is 2.28. The molecule has 6 nitrogen and oxygen atoms in total. The van der Waals surface area contributed by atoms with Gasteiger partial charge in [-0.1, -0.05) is 43.0 Å². The minimum atomic E-state index is -3.95. The second kappa shape index (κ2) is 10.2. The quantitative estimate of drug-likeness (QED) is 0.480. The fourth-order valence-corrected chi connectivity index (χ4v) is 4.65. The molecule has 0 unspecified atom stereocenters. The van der Waals surface area contributed by atoms with Crippen molar-refractivity contribution in [3.63, 3.8) is 0 Å². The third-order valence-corrected chi connectivity index (χ3v) is 6.74. The van der Waals surface area contributed by atoms with E-state index in [0.29, 0.717) is 23.7 Å². The predicted octanol–water partition coefficient (Wildman–Crippen LogP) is 4.70. The molecule has 0 aliphatic heterocycles. The summed E-state index contributed by atoms with van der Waals surface area (Å²) in [6, 6.07) is 20.3. The Bertz CT molecular complexity index is 1190. The van der Waals surface area contributed by atoms with Gasteiger partial charge in [-0.05, 0) is 67.4 Å². The van der Waals surface area contributed by atoms with Crippen LogP contribution in [0, 0.1) is 13.8 Å². The Morgan fingerprint density at radius 3 is 2.34 bits per heavy atom. The van der Waals surface area contributed by atoms with Crippen molar-refractivity contribution < 1.29 is 17.9 Å². The van der Waals surface area contributed by atoms with Crippen molar-refractivity contribution in [3.8, 4) is 5.75 Å². The molecule has 0 radical (unpaired) electrons. The number of aryl methyl sites for hydroxylation is 1. The van der Waals surface area contributed by atoms with Crippen molar-refractivity contribution >= 4 is 27.3 Å². The Balaban J connectivity index is 1.88. The molecule has 0 aliphatic carbocycles. The normalized spacial score (nSPS) is 10.9. The number of benzene rings is 3. The second-order valence-corrected chi connectivity index (χ2v) is 9.08. The van der Waals surface area contributed by atoms with Gasteiger partial charge in [-0.3, -0.25) is 9.10 Å². The summed E-state index contributed by atoms with van der Waals surface area (Å²) in [5, 5.41) is 2.76. The summed E-state index contributed by atoms with van der Waals surface area (Å²) in [5.41, 5.74) is 2.74. The number of nitrogens with one attached hydrogen (secondary N) is 1. The summed E-state index contributed by atoms with van der Waals surface area (Å²) in [7, 11) is -3.95. The molecular weight excluding hydrogens is 424 g/mol. The standard InChI is InChI=1S/C25H26N2O4S/c1-4-17-31-22-15-13-21(14-16-22)26-25(28)18-27(24-12-8-9-19(2)20(24)3)32(29,30)23-10-6-5-7-11-23/h4-16H,1,17-18H2,2-3H3,(H,26,28). The average molecular weight is 451 g/mol. The number of carbonyl (C=O) groups is 1. The van der Waals surface area contributed by atoms with E-state index in [9.17, 15) is 13.2 Å². The van der Waals surface area contributed by atoms with Crippen LogP contribution in [0.1, 0.15) is 11.1 Å². The molecule has 3 rings (SSSR count). The van der Waals surface area contributed by atoms with Crippen molar-refractivity contribution in [2.45, 2.75) is 18.7 Å². The minimum Gasteiger partial charge on any atom is -0.490 e. The first-order valence-electron chi connectivity index (χ1n) is 10.1. The SMILES string of the molecule is C=CCOc1ccc(NC(=O)CN(c2cccc(C)c2C)S(=O)(=O)c2ccccc2)cc1. The molecule has 0 fully saturated rings. The summed E-state index contributed by atoms with van der Waals surface area (Å²) >= 11 is 0. The van der Waals surface area contributed by atoms with E-state index in [1.54, 1.807) is 60.7 Å². The van der Waals surface area contributed by atoms with Crippen LogP contribution in [0.25, 0.3) is 0 Å². The number of ether oxygens (including phenoxy) is 1. The third kappa shape index (κ3) is 5.36. The highest BCUT2D eigenvalue weighted by molar-refractivity contribution is 7.92. The molecule has 0 atom stereocenters. The predicted molar refractivity (Wildman–Crippen MR) is 128 cm³/mol. The zero-order chi connectivity index (χ0) is 23.1. The van der Waals surface area contributed by atoms with Gasteiger partial charge in [0.1, 0.15) is 18.9 Å². The van der Waals surface area contributed by atoms with Gasteiger partial charge in [-0.2, -0.15) is 0 Å². The van der Waals surface area contributed by atoms with Crippen LogP contribution in [0.2, 0.25) is 0 Å². The summed E-state index contributed by atoms with van der Waals surface area (Å²) < 4.78 is 33.5. The summed E-state index contributed by atoms with van der Waals surface area (Å²) in [4.78, 5) is 13.0. The first-order valence-corrected chi connectivity index (χ1v) is 11.5. The van der Waals surface area contributed by atoms with Crippen molar-refractivity contribution in [2.24, 2.45) is 0 Å². The Morgan fingerprint density at radius 1 is 1.00 bits per heavy atom. The number of anilines is 2. The Labute approximate surface area is 189 Å². The monoisotopic (exact) mass is 450 g/mol. The molecule has 3 aromatic carbocycles. The molecule has 0 aliphatic rings. The first kappa shape index (κ1) is 23.1. The van der Waals surface area contributed by atoms with Crippen LogP contribution in [-0.2, 0) is 14.8 Å². The topological polar surface area (TPSA) is 75.7 Å². The lowest BCUT2D eigenvalue weighted by atomic mass is 10.1. The number of rotatable bonds is 9. The van der Waals surface area contributed by atoms with E-state index in [1.165, 1.54) is 12.1 Å². The van der Waals surface area contributed by atoms with E-state index in [4.69, 9.17) is 4.74 Å². The molecule has 0 aromatic heterocycles. The Hall–Kier alpha value is -3.58.